The van der Waals surface area contributed by atoms with Crippen LogP contribution in [0.4, 0.5) is 0 Å². The van der Waals surface area contributed by atoms with Gasteiger partial charge >= 0.3 is 0 Å². The van der Waals surface area contributed by atoms with Crippen LogP contribution in [0.3, 0.4) is 0 Å². The van der Waals surface area contributed by atoms with Crippen molar-refractivity contribution in [2.24, 2.45) is 11.5 Å². The van der Waals surface area contributed by atoms with Gasteiger partial charge in [0.1, 0.15) is 5.60 Å². The van der Waals surface area contributed by atoms with Gasteiger partial charge in [-0.3, -0.25) is 0 Å². The van der Waals surface area contributed by atoms with Gasteiger partial charge in [0, 0.05) is 6.54 Å². The van der Waals surface area contributed by atoms with Crippen molar-refractivity contribution in [1.82, 2.24) is 0 Å². The minimum absolute atomic E-state index is 0.0247. The van der Waals surface area contributed by atoms with Crippen LogP contribution >= 0.6 is 0 Å². The van der Waals surface area contributed by atoms with Gasteiger partial charge in [-0.05, 0) is 12.5 Å². The molecule has 1 aromatic rings. The largest absolute Gasteiger partial charge is 0.392 e. The average Bonchev–Trinajstić information content (AvgIpc) is 2.28. The first-order valence-corrected chi connectivity index (χ1v) is 4.94. The monoisotopic (exact) mass is 210 g/mol. The highest BCUT2D eigenvalue weighted by Crippen LogP contribution is 2.24. The molecule has 0 aliphatic heterocycles. The Hall–Kier alpha value is -0.940. The van der Waals surface area contributed by atoms with Crippen LogP contribution in [0.1, 0.15) is 12.5 Å². The maximum Gasteiger partial charge on any atom is 0.119 e. The van der Waals surface area contributed by atoms with E-state index in [1.807, 2.05) is 6.07 Å². The summed E-state index contributed by atoms with van der Waals surface area (Å²) in [7, 11) is 0. The van der Waals surface area contributed by atoms with E-state index in [-0.39, 0.29) is 6.54 Å². The molecule has 0 aromatic heterocycles. The van der Waals surface area contributed by atoms with E-state index < -0.39 is 17.7 Å². The molecule has 1 rings (SSSR count). The lowest BCUT2D eigenvalue weighted by Crippen LogP contribution is -2.55. The van der Waals surface area contributed by atoms with E-state index in [1.165, 1.54) is 6.92 Å². The first kappa shape index (κ1) is 12.1. The topological polar surface area (TPSA) is 92.5 Å². The second-order valence-electron chi connectivity index (χ2n) is 3.76. The van der Waals surface area contributed by atoms with Crippen LogP contribution in [-0.4, -0.2) is 28.9 Å². The van der Waals surface area contributed by atoms with Crippen LogP contribution in [0.25, 0.3) is 0 Å². The van der Waals surface area contributed by atoms with Gasteiger partial charge in [-0.15, -0.1) is 0 Å². The van der Waals surface area contributed by atoms with Gasteiger partial charge in [0.05, 0.1) is 12.1 Å². The second kappa shape index (κ2) is 4.72. The summed E-state index contributed by atoms with van der Waals surface area (Å²) in [6.45, 7) is 1.51. The average molecular weight is 210 g/mol. The molecule has 4 heteroatoms. The molecule has 3 atom stereocenters. The minimum atomic E-state index is -1.38. The SMILES string of the molecule is CC(O)C(N)C(O)(CN)c1ccccc1. The molecule has 0 aliphatic rings. The standard InChI is InChI=1S/C11H18N2O2/c1-8(14)10(13)11(15,7-12)9-5-3-2-4-6-9/h2-6,8,10,14-15H,7,12-13H2,1H3. The van der Waals surface area contributed by atoms with Crippen LogP contribution in [0.2, 0.25) is 0 Å². The predicted molar refractivity (Wildman–Crippen MR) is 59.0 cm³/mol. The molecule has 0 saturated heterocycles. The lowest BCUT2D eigenvalue weighted by molar-refractivity contribution is -0.0249. The van der Waals surface area contributed by atoms with E-state index in [4.69, 9.17) is 11.5 Å². The normalized spacial score (nSPS) is 19.3. The molecule has 3 unspecified atom stereocenters. The Morgan fingerprint density at radius 1 is 1.33 bits per heavy atom. The molecule has 6 N–H and O–H groups in total. The molecule has 84 valence electrons. The summed E-state index contributed by atoms with van der Waals surface area (Å²) in [5.41, 5.74) is 10.5. The van der Waals surface area contributed by atoms with Gasteiger partial charge in [0.2, 0.25) is 0 Å². The lowest BCUT2D eigenvalue weighted by Gasteiger charge is -2.34. The van der Waals surface area contributed by atoms with Gasteiger partial charge in [0.25, 0.3) is 0 Å². The van der Waals surface area contributed by atoms with Crippen molar-refractivity contribution in [3.63, 3.8) is 0 Å². The van der Waals surface area contributed by atoms with Crippen molar-refractivity contribution in [2.75, 3.05) is 6.54 Å². The summed E-state index contributed by atoms with van der Waals surface area (Å²) < 4.78 is 0. The fraction of sp³-hybridized carbons (Fsp3) is 0.455. The van der Waals surface area contributed by atoms with Crippen molar-refractivity contribution in [1.29, 1.82) is 0 Å². The Bertz CT molecular complexity index is 303. The quantitative estimate of drug-likeness (QED) is 0.541. The molecule has 0 bridgehead atoms. The predicted octanol–water partition coefficient (Wildman–Crippen LogP) is -0.459. The van der Waals surface area contributed by atoms with E-state index in [0.717, 1.165) is 0 Å². The van der Waals surface area contributed by atoms with Crippen LogP contribution in [0.5, 0.6) is 0 Å². The second-order valence-corrected chi connectivity index (χ2v) is 3.76. The molecular formula is C11H18N2O2. The minimum Gasteiger partial charge on any atom is -0.392 e. The molecule has 15 heavy (non-hydrogen) atoms. The molecule has 4 nitrogen and oxygen atoms in total. The Kier molecular flexibility index (Phi) is 3.82. The van der Waals surface area contributed by atoms with Gasteiger partial charge in [-0.2, -0.15) is 0 Å². The van der Waals surface area contributed by atoms with Gasteiger partial charge in [-0.25, -0.2) is 0 Å². The van der Waals surface area contributed by atoms with Crippen molar-refractivity contribution < 1.29 is 10.2 Å². The lowest BCUT2D eigenvalue weighted by atomic mass is 9.84. The van der Waals surface area contributed by atoms with Crippen LogP contribution < -0.4 is 11.5 Å². The maximum atomic E-state index is 10.3. The third kappa shape index (κ3) is 2.35. The first-order chi connectivity index (χ1) is 7.02. The molecular weight excluding hydrogens is 192 g/mol. The van der Waals surface area contributed by atoms with E-state index >= 15 is 0 Å². The Morgan fingerprint density at radius 3 is 2.27 bits per heavy atom. The molecule has 0 aliphatic carbocycles. The van der Waals surface area contributed by atoms with Crippen LogP contribution in [0.15, 0.2) is 30.3 Å². The van der Waals surface area contributed by atoms with Gasteiger partial charge in [-0.1, -0.05) is 30.3 Å². The van der Waals surface area contributed by atoms with Crippen molar-refractivity contribution in [3.05, 3.63) is 35.9 Å². The van der Waals surface area contributed by atoms with Crippen molar-refractivity contribution in [2.45, 2.75) is 24.7 Å². The van der Waals surface area contributed by atoms with E-state index in [0.29, 0.717) is 5.56 Å². The number of aliphatic hydroxyl groups excluding tert-OH is 1. The van der Waals surface area contributed by atoms with E-state index in [2.05, 4.69) is 0 Å². The summed E-state index contributed by atoms with van der Waals surface area (Å²) in [6, 6.07) is 8.12. The highest BCUT2D eigenvalue weighted by Gasteiger charge is 2.37. The zero-order chi connectivity index (χ0) is 11.5. The van der Waals surface area contributed by atoms with Crippen LogP contribution in [0, 0.1) is 0 Å². The first-order valence-electron chi connectivity index (χ1n) is 4.94. The summed E-state index contributed by atoms with van der Waals surface area (Å²) in [6.07, 6.45) is -0.821. The fourth-order valence-corrected chi connectivity index (χ4v) is 1.57. The highest BCUT2D eigenvalue weighted by molar-refractivity contribution is 5.25. The van der Waals surface area contributed by atoms with Crippen molar-refractivity contribution in [3.8, 4) is 0 Å². The number of rotatable bonds is 4. The smallest absolute Gasteiger partial charge is 0.119 e. The molecule has 0 spiro atoms. The molecule has 0 fully saturated rings. The number of nitrogens with two attached hydrogens (primary N) is 2. The number of hydrogen-bond acceptors (Lipinski definition) is 4. The third-order valence-corrected chi connectivity index (χ3v) is 2.66. The maximum absolute atomic E-state index is 10.3. The zero-order valence-corrected chi connectivity index (χ0v) is 8.80. The summed E-state index contributed by atoms with van der Waals surface area (Å²) in [4.78, 5) is 0. The van der Waals surface area contributed by atoms with E-state index in [1.54, 1.807) is 24.3 Å². The Labute approximate surface area is 89.5 Å². The van der Waals surface area contributed by atoms with Crippen LogP contribution in [-0.2, 0) is 5.60 Å². The highest BCUT2D eigenvalue weighted by atomic mass is 16.3. The third-order valence-electron chi connectivity index (χ3n) is 2.66. The van der Waals surface area contributed by atoms with Gasteiger partial charge < -0.3 is 21.7 Å². The number of aliphatic hydroxyl groups is 2. The molecule has 0 amide bonds. The number of benzene rings is 1. The van der Waals surface area contributed by atoms with E-state index in [9.17, 15) is 10.2 Å². The molecule has 0 saturated carbocycles. The fourth-order valence-electron chi connectivity index (χ4n) is 1.57. The zero-order valence-electron chi connectivity index (χ0n) is 8.80. The Morgan fingerprint density at radius 2 is 1.87 bits per heavy atom. The molecule has 0 radical (unpaired) electrons. The molecule has 1 aromatic carbocycles. The number of hydrogen-bond donors (Lipinski definition) is 4. The summed E-state index contributed by atoms with van der Waals surface area (Å²) >= 11 is 0. The van der Waals surface area contributed by atoms with Crippen molar-refractivity contribution >= 4 is 0 Å². The van der Waals surface area contributed by atoms with Gasteiger partial charge in [0.15, 0.2) is 0 Å². The summed E-state index contributed by atoms with van der Waals surface area (Å²) in [5, 5.41) is 19.7. The molecule has 0 heterocycles. The summed E-state index contributed by atoms with van der Waals surface area (Å²) in [5.74, 6) is 0. The Balaban J connectivity index is 3.05.